The van der Waals surface area contributed by atoms with Crippen molar-refractivity contribution in [2.24, 2.45) is 0 Å². The molecule has 3 nitrogen and oxygen atoms in total. The third kappa shape index (κ3) is 3.30. The van der Waals surface area contributed by atoms with Crippen molar-refractivity contribution in [1.82, 2.24) is 0 Å². The van der Waals surface area contributed by atoms with Crippen LogP contribution in [0.1, 0.15) is 11.7 Å². The van der Waals surface area contributed by atoms with E-state index in [0.29, 0.717) is 11.3 Å². The molecular weight excluding hydrogens is 341 g/mol. The van der Waals surface area contributed by atoms with E-state index in [9.17, 15) is 9.90 Å². The summed E-state index contributed by atoms with van der Waals surface area (Å²) >= 11 is 2.19. The zero-order chi connectivity index (χ0) is 13.0. The first-order chi connectivity index (χ1) is 8.66. The van der Waals surface area contributed by atoms with E-state index in [1.807, 2.05) is 18.2 Å². The summed E-state index contributed by atoms with van der Waals surface area (Å²) in [5.74, 6) is -0.428. The Morgan fingerprint density at radius 2 is 1.67 bits per heavy atom. The summed E-state index contributed by atoms with van der Waals surface area (Å²) in [4.78, 5) is 11.8. The maximum atomic E-state index is 11.8. The summed E-state index contributed by atoms with van der Waals surface area (Å²) in [6, 6.07) is 16.3. The van der Waals surface area contributed by atoms with Gasteiger partial charge in [0, 0.05) is 9.26 Å². The molecule has 0 bridgehead atoms. The summed E-state index contributed by atoms with van der Waals surface area (Å²) in [5.41, 5.74) is 1.26. The molecule has 0 aromatic heterocycles. The first-order valence-electron chi connectivity index (χ1n) is 5.46. The zero-order valence-corrected chi connectivity index (χ0v) is 11.7. The van der Waals surface area contributed by atoms with Gasteiger partial charge in [0.2, 0.25) is 0 Å². The average molecular weight is 353 g/mol. The first kappa shape index (κ1) is 13.0. The van der Waals surface area contributed by atoms with Gasteiger partial charge < -0.3 is 10.4 Å². The van der Waals surface area contributed by atoms with E-state index in [1.165, 1.54) is 0 Å². The number of halogens is 1. The molecule has 2 rings (SSSR count). The Bertz CT molecular complexity index is 525. The van der Waals surface area contributed by atoms with Crippen molar-refractivity contribution in [3.05, 3.63) is 63.7 Å². The van der Waals surface area contributed by atoms with Crippen molar-refractivity contribution in [3.8, 4) is 0 Å². The van der Waals surface area contributed by atoms with E-state index in [2.05, 4.69) is 27.9 Å². The van der Waals surface area contributed by atoms with Crippen molar-refractivity contribution in [1.29, 1.82) is 0 Å². The minimum atomic E-state index is -1.15. The number of amides is 1. The maximum absolute atomic E-state index is 11.8. The third-order valence-electron chi connectivity index (χ3n) is 2.48. The molecule has 2 aromatic rings. The van der Waals surface area contributed by atoms with Crippen molar-refractivity contribution < 1.29 is 9.90 Å². The summed E-state index contributed by atoms with van der Waals surface area (Å²) in [6.45, 7) is 0. The van der Waals surface area contributed by atoms with E-state index < -0.39 is 12.0 Å². The van der Waals surface area contributed by atoms with E-state index >= 15 is 0 Å². The highest BCUT2D eigenvalue weighted by Gasteiger charge is 2.16. The third-order valence-corrected chi connectivity index (χ3v) is 3.19. The topological polar surface area (TPSA) is 49.3 Å². The van der Waals surface area contributed by atoms with Crippen LogP contribution in [0.3, 0.4) is 0 Å². The Morgan fingerprint density at radius 3 is 2.28 bits per heavy atom. The van der Waals surface area contributed by atoms with Crippen LogP contribution in [0.4, 0.5) is 5.69 Å². The quantitative estimate of drug-likeness (QED) is 0.834. The molecule has 18 heavy (non-hydrogen) atoms. The lowest BCUT2D eigenvalue weighted by Gasteiger charge is -2.11. The maximum Gasteiger partial charge on any atom is 0.257 e. The number of nitrogens with one attached hydrogen (secondary N) is 1. The van der Waals surface area contributed by atoms with Crippen LogP contribution in [0.15, 0.2) is 54.6 Å². The highest BCUT2D eigenvalue weighted by Crippen LogP contribution is 2.16. The van der Waals surface area contributed by atoms with Gasteiger partial charge in [-0.15, -0.1) is 0 Å². The van der Waals surface area contributed by atoms with Crippen LogP contribution >= 0.6 is 22.6 Å². The smallest absolute Gasteiger partial charge is 0.257 e. The number of hydrogen-bond acceptors (Lipinski definition) is 2. The van der Waals surface area contributed by atoms with E-state index in [-0.39, 0.29) is 0 Å². The summed E-state index contributed by atoms with van der Waals surface area (Å²) < 4.78 is 1.09. The Hall–Kier alpha value is -1.40. The molecule has 1 atom stereocenters. The fraction of sp³-hybridized carbons (Fsp3) is 0.0714. The molecule has 2 N–H and O–H groups in total. The van der Waals surface area contributed by atoms with E-state index in [0.717, 1.165) is 3.57 Å². The lowest BCUT2D eigenvalue weighted by molar-refractivity contribution is -0.124. The number of anilines is 1. The molecule has 4 heteroatoms. The molecule has 1 unspecified atom stereocenters. The molecule has 0 radical (unpaired) electrons. The summed E-state index contributed by atoms with van der Waals surface area (Å²) in [6.07, 6.45) is -1.15. The van der Waals surface area contributed by atoms with Gasteiger partial charge in [0.25, 0.3) is 5.91 Å². The van der Waals surface area contributed by atoms with E-state index in [1.54, 1.807) is 36.4 Å². The van der Waals surface area contributed by atoms with Gasteiger partial charge in [0.15, 0.2) is 6.10 Å². The van der Waals surface area contributed by atoms with Gasteiger partial charge in [-0.3, -0.25) is 4.79 Å². The average Bonchev–Trinajstić information content (AvgIpc) is 2.41. The van der Waals surface area contributed by atoms with Crippen molar-refractivity contribution in [2.75, 3.05) is 5.32 Å². The van der Waals surface area contributed by atoms with Gasteiger partial charge in [-0.05, 0) is 52.4 Å². The van der Waals surface area contributed by atoms with Gasteiger partial charge in [0.1, 0.15) is 0 Å². The number of carbonyl (C=O) groups excluding carboxylic acids is 1. The van der Waals surface area contributed by atoms with Crippen LogP contribution in [0.2, 0.25) is 0 Å². The molecule has 0 saturated heterocycles. The lowest BCUT2D eigenvalue weighted by atomic mass is 10.1. The standard InChI is InChI=1S/C14H12INO2/c15-11-6-8-12(9-7-11)16-14(18)13(17)10-4-2-1-3-5-10/h1-9,13,17H,(H,16,18). The minimum Gasteiger partial charge on any atom is -0.378 e. The molecule has 2 aromatic carbocycles. The number of aliphatic hydroxyl groups excluding tert-OH is 1. The predicted octanol–water partition coefficient (Wildman–Crippen LogP) is 2.96. The van der Waals surface area contributed by atoms with Crippen molar-refractivity contribution in [2.45, 2.75) is 6.10 Å². The van der Waals surface area contributed by atoms with Gasteiger partial charge >= 0.3 is 0 Å². The summed E-state index contributed by atoms with van der Waals surface area (Å²) in [7, 11) is 0. The molecule has 0 fully saturated rings. The fourth-order valence-corrected chi connectivity index (χ4v) is 1.89. The van der Waals surface area contributed by atoms with Crippen LogP contribution < -0.4 is 5.32 Å². The Morgan fingerprint density at radius 1 is 1.06 bits per heavy atom. The number of carbonyl (C=O) groups is 1. The molecule has 92 valence electrons. The Kier molecular flexibility index (Phi) is 4.33. The SMILES string of the molecule is O=C(Nc1ccc(I)cc1)C(O)c1ccccc1. The first-order valence-corrected chi connectivity index (χ1v) is 6.54. The fourth-order valence-electron chi connectivity index (χ4n) is 1.53. The van der Waals surface area contributed by atoms with Crippen LogP contribution in [0.25, 0.3) is 0 Å². The Labute approximate surface area is 119 Å². The van der Waals surface area contributed by atoms with Gasteiger partial charge in [-0.2, -0.15) is 0 Å². The molecule has 0 aliphatic heterocycles. The minimum absolute atomic E-state index is 0.428. The second-order valence-corrected chi connectivity index (χ2v) is 5.05. The second-order valence-electron chi connectivity index (χ2n) is 3.81. The number of hydrogen-bond donors (Lipinski definition) is 2. The number of aliphatic hydroxyl groups is 1. The van der Waals surface area contributed by atoms with E-state index in [4.69, 9.17) is 0 Å². The molecule has 0 aliphatic rings. The normalized spacial score (nSPS) is 11.9. The predicted molar refractivity (Wildman–Crippen MR) is 79.2 cm³/mol. The second kappa shape index (κ2) is 5.97. The van der Waals surface area contributed by atoms with Crippen LogP contribution in [0.5, 0.6) is 0 Å². The van der Waals surface area contributed by atoms with Crippen molar-refractivity contribution in [3.63, 3.8) is 0 Å². The largest absolute Gasteiger partial charge is 0.378 e. The molecule has 0 heterocycles. The number of benzene rings is 2. The van der Waals surface area contributed by atoms with Crippen LogP contribution in [-0.2, 0) is 4.79 Å². The molecule has 0 saturated carbocycles. The van der Waals surface area contributed by atoms with Crippen LogP contribution in [-0.4, -0.2) is 11.0 Å². The van der Waals surface area contributed by atoms with Gasteiger partial charge in [0.05, 0.1) is 0 Å². The molecular formula is C14H12INO2. The zero-order valence-electron chi connectivity index (χ0n) is 9.51. The van der Waals surface area contributed by atoms with Gasteiger partial charge in [-0.25, -0.2) is 0 Å². The van der Waals surface area contributed by atoms with Crippen LogP contribution in [0, 0.1) is 3.57 Å². The molecule has 1 amide bonds. The van der Waals surface area contributed by atoms with Gasteiger partial charge in [-0.1, -0.05) is 30.3 Å². The Balaban J connectivity index is 2.06. The molecule has 0 spiro atoms. The monoisotopic (exact) mass is 353 g/mol. The number of rotatable bonds is 3. The van der Waals surface area contributed by atoms with Crippen molar-refractivity contribution >= 4 is 34.2 Å². The summed E-state index contributed by atoms with van der Waals surface area (Å²) in [5, 5.41) is 12.6. The highest BCUT2D eigenvalue weighted by molar-refractivity contribution is 14.1. The lowest BCUT2D eigenvalue weighted by Crippen LogP contribution is -2.20. The highest BCUT2D eigenvalue weighted by atomic mass is 127. The molecule has 0 aliphatic carbocycles.